The normalized spacial score (nSPS) is 13.6. The van der Waals surface area contributed by atoms with Crippen molar-refractivity contribution in [3.05, 3.63) is 29.6 Å². The third-order valence-corrected chi connectivity index (χ3v) is 2.85. The number of nitrogens with zero attached hydrogens (tertiary/aromatic N) is 2. The van der Waals surface area contributed by atoms with Crippen LogP contribution in [-0.4, -0.2) is 16.7 Å². The zero-order chi connectivity index (χ0) is 11.0. The average Bonchev–Trinajstić information content (AvgIpc) is 2.96. The highest BCUT2D eigenvalue weighted by Gasteiger charge is 2.13. The van der Waals surface area contributed by atoms with Crippen LogP contribution < -0.4 is 5.32 Å². The van der Waals surface area contributed by atoms with Crippen molar-refractivity contribution in [3.63, 3.8) is 0 Å². The highest BCUT2D eigenvalue weighted by atomic mass is 16.5. The lowest BCUT2D eigenvalue weighted by Gasteiger charge is -2.00. The second-order valence-corrected chi connectivity index (χ2v) is 3.92. The Morgan fingerprint density at radius 2 is 2.38 bits per heavy atom. The number of fused-ring (bicyclic) bond motifs is 1. The second-order valence-electron chi connectivity index (χ2n) is 3.92. The van der Waals surface area contributed by atoms with Gasteiger partial charge in [0.25, 0.3) is 5.89 Å². The van der Waals surface area contributed by atoms with E-state index in [9.17, 15) is 0 Å². The molecule has 1 aromatic carbocycles. The largest absolute Gasteiger partial charge is 0.384 e. The molecule has 0 radical (unpaired) electrons. The molecule has 16 heavy (non-hydrogen) atoms. The summed E-state index contributed by atoms with van der Waals surface area (Å²) in [5.74, 6) is 1.38. The molecule has 82 valence electrons. The SMILES string of the molecule is CCc1noc(-c2ccc3c(c2)CCN3)n1. The smallest absolute Gasteiger partial charge is 0.257 e. The van der Waals surface area contributed by atoms with Crippen LogP contribution in [0.1, 0.15) is 18.3 Å². The predicted octanol–water partition coefficient (Wildman–Crippen LogP) is 2.27. The van der Waals surface area contributed by atoms with Gasteiger partial charge in [-0.2, -0.15) is 4.98 Å². The molecule has 0 fully saturated rings. The summed E-state index contributed by atoms with van der Waals surface area (Å²) in [4.78, 5) is 4.33. The van der Waals surface area contributed by atoms with Crippen molar-refractivity contribution in [1.29, 1.82) is 0 Å². The minimum absolute atomic E-state index is 0.617. The van der Waals surface area contributed by atoms with E-state index in [0.29, 0.717) is 5.89 Å². The minimum Gasteiger partial charge on any atom is -0.384 e. The second kappa shape index (κ2) is 3.63. The summed E-state index contributed by atoms with van der Waals surface area (Å²) in [6, 6.07) is 6.22. The molecular weight excluding hydrogens is 202 g/mol. The van der Waals surface area contributed by atoms with E-state index in [-0.39, 0.29) is 0 Å². The summed E-state index contributed by atoms with van der Waals surface area (Å²) >= 11 is 0. The van der Waals surface area contributed by atoms with E-state index in [1.54, 1.807) is 0 Å². The van der Waals surface area contributed by atoms with Crippen molar-refractivity contribution in [2.24, 2.45) is 0 Å². The number of hydrogen-bond donors (Lipinski definition) is 1. The third kappa shape index (κ3) is 1.46. The van der Waals surface area contributed by atoms with Crippen molar-refractivity contribution in [2.75, 3.05) is 11.9 Å². The number of benzene rings is 1. The van der Waals surface area contributed by atoms with Crippen LogP contribution in [0.5, 0.6) is 0 Å². The lowest BCUT2D eigenvalue weighted by molar-refractivity contribution is 0.423. The number of hydrogen-bond acceptors (Lipinski definition) is 4. The first-order chi connectivity index (χ1) is 7.86. The van der Waals surface area contributed by atoms with Crippen molar-refractivity contribution < 1.29 is 4.52 Å². The van der Waals surface area contributed by atoms with Gasteiger partial charge in [-0.15, -0.1) is 0 Å². The van der Waals surface area contributed by atoms with E-state index in [4.69, 9.17) is 4.52 Å². The summed E-state index contributed by atoms with van der Waals surface area (Å²) in [5.41, 5.74) is 3.56. The first-order valence-electron chi connectivity index (χ1n) is 5.56. The first-order valence-corrected chi connectivity index (χ1v) is 5.56. The standard InChI is InChI=1S/C12H13N3O/c1-2-11-14-12(16-15-11)9-3-4-10-8(7-9)5-6-13-10/h3-4,7,13H,2,5-6H2,1H3. The minimum atomic E-state index is 0.617. The molecule has 1 aromatic heterocycles. The van der Waals surface area contributed by atoms with Gasteiger partial charge in [-0.3, -0.25) is 0 Å². The Morgan fingerprint density at radius 3 is 3.19 bits per heavy atom. The predicted molar refractivity (Wildman–Crippen MR) is 61.3 cm³/mol. The molecule has 2 heterocycles. The summed E-state index contributed by atoms with van der Waals surface area (Å²) < 4.78 is 5.22. The van der Waals surface area contributed by atoms with Crippen LogP contribution in [0.25, 0.3) is 11.5 Å². The topological polar surface area (TPSA) is 51.0 Å². The molecule has 0 atom stereocenters. The Labute approximate surface area is 93.7 Å². The molecule has 0 saturated carbocycles. The van der Waals surface area contributed by atoms with E-state index in [1.807, 2.05) is 13.0 Å². The van der Waals surface area contributed by atoms with Crippen LogP contribution >= 0.6 is 0 Å². The van der Waals surface area contributed by atoms with Crippen LogP contribution in [0.3, 0.4) is 0 Å². The quantitative estimate of drug-likeness (QED) is 0.834. The van der Waals surface area contributed by atoms with Gasteiger partial charge in [-0.25, -0.2) is 0 Å². The molecule has 3 rings (SSSR count). The molecule has 4 nitrogen and oxygen atoms in total. The van der Waals surface area contributed by atoms with Crippen LogP contribution in [-0.2, 0) is 12.8 Å². The maximum absolute atomic E-state index is 5.22. The van der Waals surface area contributed by atoms with E-state index < -0.39 is 0 Å². The van der Waals surface area contributed by atoms with Crippen LogP contribution in [0.15, 0.2) is 22.7 Å². The third-order valence-electron chi connectivity index (χ3n) is 2.85. The van der Waals surface area contributed by atoms with Gasteiger partial charge in [0, 0.05) is 24.2 Å². The van der Waals surface area contributed by atoms with Crippen molar-refractivity contribution in [2.45, 2.75) is 19.8 Å². The summed E-state index contributed by atoms with van der Waals surface area (Å²) in [5, 5.41) is 7.23. The maximum atomic E-state index is 5.22. The van der Waals surface area contributed by atoms with E-state index in [2.05, 4.69) is 27.6 Å². The molecule has 0 saturated heterocycles. The highest BCUT2D eigenvalue weighted by molar-refractivity contribution is 5.64. The molecule has 2 aromatic rings. The molecule has 1 aliphatic heterocycles. The van der Waals surface area contributed by atoms with Crippen molar-refractivity contribution in [3.8, 4) is 11.5 Å². The molecule has 0 aliphatic carbocycles. The molecule has 1 N–H and O–H groups in total. The van der Waals surface area contributed by atoms with Crippen LogP contribution in [0.2, 0.25) is 0 Å². The Kier molecular flexibility index (Phi) is 2.13. The van der Waals surface area contributed by atoms with Crippen molar-refractivity contribution >= 4 is 5.69 Å². The monoisotopic (exact) mass is 215 g/mol. The Balaban J connectivity index is 2.00. The number of anilines is 1. The average molecular weight is 215 g/mol. The summed E-state index contributed by atoms with van der Waals surface area (Å²) in [6.45, 7) is 3.03. The first kappa shape index (κ1) is 9.39. The Bertz CT molecular complexity index is 519. The maximum Gasteiger partial charge on any atom is 0.257 e. The van der Waals surface area contributed by atoms with Gasteiger partial charge in [0.15, 0.2) is 5.82 Å². The van der Waals surface area contributed by atoms with Gasteiger partial charge < -0.3 is 9.84 Å². The fourth-order valence-corrected chi connectivity index (χ4v) is 1.95. The number of nitrogens with one attached hydrogen (secondary N) is 1. The number of aryl methyl sites for hydroxylation is 1. The van der Waals surface area contributed by atoms with Gasteiger partial charge in [0.2, 0.25) is 0 Å². The van der Waals surface area contributed by atoms with E-state index in [1.165, 1.54) is 11.3 Å². The summed E-state index contributed by atoms with van der Waals surface area (Å²) in [6.07, 6.45) is 1.87. The zero-order valence-electron chi connectivity index (χ0n) is 9.16. The van der Waals surface area contributed by atoms with Gasteiger partial charge in [0.1, 0.15) is 0 Å². The van der Waals surface area contributed by atoms with Crippen LogP contribution in [0.4, 0.5) is 5.69 Å². The highest BCUT2D eigenvalue weighted by Crippen LogP contribution is 2.27. The molecule has 0 unspecified atom stereocenters. The van der Waals surface area contributed by atoms with Gasteiger partial charge in [0.05, 0.1) is 0 Å². The van der Waals surface area contributed by atoms with Crippen molar-refractivity contribution in [1.82, 2.24) is 10.1 Å². The lowest BCUT2D eigenvalue weighted by atomic mass is 10.1. The lowest BCUT2D eigenvalue weighted by Crippen LogP contribution is -1.90. The molecule has 4 heteroatoms. The van der Waals surface area contributed by atoms with Gasteiger partial charge in [-0.05, 0) is 30.2 Å². The van der Waals surface area contributed by atoms with E-state index >= 15 is 0 Å². The van der Waals surface area contributed by atoms with E-state index in [0.717, 1.165) is 30.8 Å². The molecule has 1 aliphatic rings. The van der Waals surface area contributed by atoms with Crippen LogP contribution in [0, 0.1) is 0 Å². The Morgan fingerprint density at radius 1 is 1.44 bits per heavy atom. The van der Waals surface area contributed by atoms with Gasteiger partial charge in [-0.1, -0.05) is 12.1 Å². The molecule has 0 bridgehead atoms. The number of aromatic nitrogens is 2. The Hall–Kier alpha value is -1.84. The zero-order valence-corrected chi connectivity index (χ0v) is 9.16. The fourth-order valence-electron chi connectivity index (χ4n) is 1.95. The van der Waals surface area contributed by atoms with Gasteiger partial charge >= 0.3 is 0 Å². The fraction of sp³-hybridized carbons (Fsp3) is 0.333. The number of rotatable bonds is 2. The molecular formula is C12H13N3O. The molecule has 0 amide bonds. The molecule has 0 spiro atoms. The summed E-state index contributed by atoms with van der Waals surface area (Å²) in [7, 11) is 0.